The number of piperazine rings is 1. The number of benzene rings is 1. The minimum atomic E-state index is -0.390. The number of hydrogen-bond acceptors (Lipinski definition) is 4. The first-order chi connectivity index (χ1) is 12.5. The van der Waals surface area contributed by atoms with Crippen LogP contribution in [0.3, 0.4) is 0 Å². The van der Waals surface area contributed by atoms with E-state index >= 15 is 0 Å². The van der Waals surface area contributed by atoms with Gasteiger partial charge in [-0.2, -0.15) is 0 Å². The summed E-state index contributed by atoms with van der Waals surface area (Å²) in [6, 6.07) is 6.38. The van der Waals surface area contributed by atoms with Crippen LogP contribution in [0.1, 0.15) is 18.9 Å². The molecule has 1 aliphatic rings. The summed E-state index contributed by atoms with van der Waals surface area (Å²) in [7, 11) is 0. The Bertz CT molecular complexity index is 645. The normalized spacial score (nSPS) is 14.1. The lowest BCUT2D eigenvalue weighted by atomic mass is 10.1. The highest BCUT2D eigenvalue weighted by Crippen LogP contribution is 2.07. The van der Waals surface area contributed by atoms with Crippen molar-refractivity contribution < 1.29 is 23.5 Å². The van der Waals surface area contributed by atoms with Crippen LogP contribution in [0.2, 0.25) is 0 Å². The Labute approximate surface area is 152 Å². The molecular weight excluding hydrogens is 341 g/mol. The quantitative estimate of drug-likeness (QED) is 0.768. The van der Waals surface area contributed by atoms with Gasteiger partial charge >= 0.3 is 6.09 Å². The number of halogens is 1. The third-order valence-corrected chi connectivity index (χ3v) is 4.14. The predicted molar refractivity (Wildman–Crippen MR) is 92.9 cm³/mol. The number of amides is 3. The average molecular weight is 365 g/mol. The van der Waals surface area contributed by atoms with E-state index in [9.17, 15) is 18.8 Å². The first-order valence-electron chi connectivity index (χ1n) is 8.70. The van der Waals surface area contributed by atoms with E-state index in [2.05, 4.69) is 5.32 Å². The van der Waals surface area contributed by atoms with Gasteiger partial charge in [0.15, 0.2) is 0 Å². The molecule has 0 unspecified atom stereocenters. The van der Waals surface area contributed by atoms with Crippen molar-refractivity contribution in [1.29, 1.82) is 0 Å². The maximum Gasteiger partial charge on any atom is 0.409 e. The zero-order valence-electron chi connectivity index (χ0n) is 14.9. The fourth-order valence-electron chi connectivity index (χ4n) is 2.70. The van der Waals surface area contributed by atoms with Crippen molar-refractivity contribution in [1.82, 2.24) is 15.1 Å². The molecule has 1 fully saturated rings. The third kappa shape index (κ3) is 5.72. The van der Waals surface area contributed by atoms with Crippen molar-refractivity contribution in [2.24, 2.45) is 0 Å². The molecule has 1 heterocycles. The Morgan fingerprint density at radius 2 is 1.77 bits per heavy atom. The lowest BCUT2D eigenvalue weighted by Crippen LogP contribution is -2.51. The largest absolute Gasteiger partial charge is 0.450 e. The minimum Gasteiger partial charge on any atom is -0.450 e. The SMILES string of the molecule is CCOC(=O)N1CCN(C(=O)CC(=O)NCCc2ccccc2F)CC1. The standard InChI is InChI=1S/C18H24FN3O4/c1-2-26-18(25)22-11-9-21(10-12-22)17(24)13-16(23)20-8-7-14-5-3-4-6-15(14)19/h3-6H,2,7-13H2,1H3,(H,20,23). The van der Waals surface area contributed by atoms with E-state index in [1.165, 1.54) is 6.07 Å². The van der Waals surface area contributed by atoms with Crippen LogP contribution in [0, 0.1) is 5.82 Å². The molecule has 8 heteroatoms. The van der Waals surface area contributed by atoms with Crippen molar-refractivity contribution in [2.45, 2.75) is 19.8 Å². The van der Waals surface area contributed by atoms with Gasteiger partial charge in [-0.1, -0.05) is 18.2 Å². The predicted octanol–water partition coefficient (Wildman–Crippen LogP) is 1.18. The van der Waals surface area contributed by atoms with Crippen LogP contribution in [-0.4, -0.2) is 67.0 Å². The lowest BCUT2D eigenvalue weighted by Gasteiger charge is -2.34. The highest BCUT2D eigenvalue weighted by molar-refractivity contribution is 5.96. The van der Waals surface area contributed by atoms with Gasteiger partial charge in [-0.15, -0.1) is 0 Å². The average Bonchev–Trinajstić information content (AvgIpc) is 2.63. The van der Waals surface area contributed by atoms with Gasteiger partial charge < -0.3 is 19.9 Å². The molecule has 3 amide bonds. The molecule has 0 aromatic heterocycles. The molecule has 0 atom stereocenters. The van der Waals surface area contributed by atoms with Crippen LogP contribution in [0.4, 0.5) is 9.18 Å². The topological polar surface area (TPSA) is 79.0 Å². The third-order valence-electron chi connectivity index (χ3n) is 4.14. The number of carbonyl (C=O) groups excluding carboxylic acids is 3. The maximum atomic E-state index is 13.5. The highest BCUT2D eigenvalue weighted by Gasteiger charge is 2.25. The zero-order chi connectivity index (χ0) is 18.9. The molecule has 0 bridgehead atoms. The Morgan fingerprint density at radius 3 is 2.42 bits per heavy atom. The van der Waals surface area contributed by atoms with Crippen LogP contribution < -0.4 is 5.32 Å². The number of nitrogens with one attached hydrogen (secondary N) is 1. The molecule has 1 aromatic carbocycles. The van der Waals surface area contributed by atoms with Crippen LogP contribution in [0.5, 0.6) is 0 Å². The van der Waals surface area contributed by atoms with E-state index in [1.807, 2.05) is 0 Å². The summed E-state index contributed by atoms with van der Waals surface area (Å²) in [5, 5.41) is 2.63. The fraction of sp³-hybridized carbons (Fsp3) is 0.500. The van der Waals surface area contributed by atoms with Gasteiger partial charge in [0.2, 0.25) is 11.8 Å². The molecule has 142 valence electrons. The smallest absolute Gasteiger partial charge is 0.409 e. The number of ether oxygens (including phenoxy) is 1. The monoisotopic (exact) mass is 365 g/mol. The molecule has 0 aliphatic carbocycles. The Hall–Kier alpha value is -2.64. The second-order valence-corrected chi connectivity index (χ2v) is 5.93. The summed E-state index contributed by atoms with van der Waals surface area (Å²) in [6.45, 7) is 3.84. The van der Waals surface area contributed by atoms with Gasteiger partial charge in [0, 0.05) is 32.7 Å². The van der Waals surface area contributed by atoms with Gasteiger partial charge in [0.1, 0.15) is 12.2 Å². The van der Waals surface area contributed by atoms with E-state index in [-0.39, 0.29) is 36.7 Å². The summed E-state index contributed by atoms with van der Waals surface area (Å²) in [5.74, 6) is -0.978. The molecule has 0 spiro atoms. The number of carbonyl (C=O) groups is 3. The van der Waals surface area contributed by atoms with Gasteiger partial charge in [0.05, 0.1) is 6.61 Å². The van der Waals surface area contributed by atoms with Crippen molar-refractivity contribution >= 4 is 17.9 Å². The summed E-state index contributed by atoms with van der Waals surface area (Å²) in [5.41, 5.74) is 0.522. The van der Waals surface area contributed by atoms with Crippen molar-refractivity contribution in [3.63, 3.8) is 0 Å². The van der Waals surface area contributed by atoms with E-state index in [4.69, 9.17) is 4.74 Å². The van der Waals surface area contributed by atoms with Gasteiger partial charge in [-0.3, -0.25) is 9.59 Å². The first-order valence-corrected chi connectivity index (χ1v) is 8.70. The molecule has 0 saturated carbocycles. The van der Waals surface area contributed by atoms with Gasteiger partial charge in [-0.05, 0) is 25.0 Å². The van der Waals surface area contributed by atoms with E-state index in [0.29, 0.717) is 44.8 Å². The Morgan fingerprint density at radius 1 is 1.12 bits per heavy atom. The second-order valence-electron chi connectivity index (χ2n) is 5.93. The van der Waals surface area contributed by atoms with Crippen LogP contribution in [0.15, 0.2) is 24.3 Å². The molecule has 1 aromatic rings. The van der Waals surface area contributed by atoms with Crippen molar-refractivity contribution in [3.8, 4) is 0 Å². The number of rotatable bonds is 6. The summed E-state index contributed by atoms with van der Waals surface area (Å²) >= 11 is 0. The highest BCUT2D eigenvalue weighted by atomic mass is 19.1. The van der Waals surface area contributed by atoms with Gasteiger partial charge in [0.25, 0.3) is 0 Å². The molecule has 1 saturated heterocycles. The summed E-state index contributed by atoms with van der Waals surface area (Å²) < 4.78 is 18.4. The first kappa shape index (κ1) is 19.7. The molecule has 1 N–H and O–H groups in total. The fourth-order valence-corrected chi connectivity index (χ4v) is 2.70. The minimum absolute atomic E-state index is 0.253. The summed E-state index contributed by atoms with van der Waals surface area (Å²) in [6.07, 6.45) is -0.271. The summed E-state index contributed by atoms with van der Waals surface area (Å²) in [4.78, 5) is 38.8. The number of nitrogens with zero attached hydrogens (tertiary/aromatic N) is 2. The lowest BCUT2D eigenvalue weighted by molar-refractivity contribution is -0.137. The van der Waals surface area contributed by atoms with Crippen LogP contribution in [0.25, 0.3) is 0 Å². The van der Waals surface area contributed by atoms with Crippen molar-refractivity contribution in [2.75, 3.05) is 39.3 Å². The molecule has 26 heavy (non-hydrogen) atoms. The van der Waals surface area contributed by atoms with Gasteiger partial charge in [-0.25, -0.2) is 9.18 Å². The maximum absolute atomic E-state index is 13.5. The Balaban J connectivity index is 1.68. The second kappa shape index (κ2) is 9.74. The molecule has 1 aliphatic heterocycles. The molecule has 0 radical (unpaired) electrons. The number of hydrogen-bond donors (Lipinski definition) is 1. The van der Waals surface area contributed by atoms with E-state index < -0.39 is 0 Å². The molecule has 2 rings (SSSR count). The Kier molecular flexibility index (Phi) is 7.37. The van der Waals surface area contributed by atoms with Crippen LogP contribution in [-0.2, 0) is 20.7 Å². The molecule has 7 nitrogen and oxygen atoms in total. The van der Waals surface area contributed by atoms with E-state index in [0.717, 1.165) is 0 Å². The molecular formula is C18H24FN3O4. The zero-order valence-corrected chi connectivity index (χ0v) is 14.9. The van der Waals surface area contributed by atoms with Crippen LogP contribution >= 0.6 is 0 Å². The van der Waals surface area contributed by atoms with Crippen molar-refractivity contribution in [3.05, 3.63) is 35.6 Å². The van der Waals surface area contributed by atoms with E-state index in [1.54, 1.807) is 34.9 Å².